The Morgan fingerprint density at radius 1 is 1.00 bits per heavy atom. The third-order valence-corrected chi connectivity index (χ3v) is 5.82. The molecule has 0 bridgehead atoms. The predicted octanol–water partition coefficient (Wildman–Crippen LogP) is 0.842. The summed E-state index contributed by atoms with van der Waals surface area (Å²) < 4.78 is 26.5. The summed E-state index contributed by atoms with van der Waals surface area (Å²) in [5, 5.41) is 41.1. The quantitative estimate of drug-likeness (QED) is 0.376. The molecule has 0 aliphatic carbocycles. The average molecular weight is 488 g/mol. The van der Waals surface area contributed by atoms with Crippen LogP contribution in [0.1, 0.15) is 5.56 Å². The Bertz CT molecular complexity index is 1300. The standard InChI is InChI=1S/C24H24O11/c1-10-14(34-24-21(29)19(27)20(28)22(35-24)23(30)32-3)9-16-17(18(10)26)13(25)8-15(33-16)11-4-6-12(31-2)7-5-11/h4-9,19-22,24,26-29H,1-3H3. The van der Waals surface area contributed by atoms with E-state index in [4.69, 9.17) is 18.6 Å². The molecule has 1 aliphatic rings. The van der Waals surface area contributed by atoms with Crippen LogP contribution in [0.2, 0.25) is 0 Å². The first-order valence-corrected chi connectivity index (χ1v) is 10.5. The second kappa shape index (κ2) is 9.55. The monoisotopic (exact) mass is 488 g/mol. The lowest BCUT2D eigenvalue weighted by Crippen LogP contribution is -2.61. The summed E-state index contributed by atoms with van der Waals surface area (Å²) in [5.41, 5.74) is 0.184. The Kier molecular flexibility index (Phi) is 6.68. The smallest absolute Gasteiger partial charge is 0.337 e. The number of rotatable bonds is 5. The molecule has 1 fully saturated rings. The Morgan fingerprint density at radius 3 is 2.31 bits per heavy atom. The van der Waals surface area contributed by atoms with Crippen LogP contribution in [0.3, 0.4) is 0 Å². The van der Waals surface area contributed by atoms with E-state index in [1.54, 1.807) is 24.3 Å². The van der Waals surface area contributed by atoms with E-state index in [-0.39, 0.29) is 28.0 Å². The van der Waals surface area contributed by atoms with E-state index < -0.39 is 47.9 Å². The van der Waals surface area contributed by atoms with Crippen LogP contribution in [0, 0.1) is 6.92 Å². The minimum absolute atomic E-state index is 0.0168. The fraction of sp³-hybridized carbons (Fsp3) is 0.333. The summed E-state index contributed by atoms with van der Waals surface area (Å²) in [7, 11) is 2.59. The summed E-state index contributed by atoms with van der Waals surface area (Å²) in [6, 6.07) is 9.34. The second-order valence-electron chi connectivity index (χ2n) is 7.96. The molecular formula is C24H24O11. The Balaban J connectivity index is 1.74. The third kappa shape index (κ3) is 4.42. The predicted molar refractivity (Wildman–Crippen MR) is 120 cm³/mol. The zero-order chi connectivity index (χ0) is 25.4. The number of hydrogen-bond donors (Lipinski definition) is 4. The maximum atomic E-state index is 12.8. The van der Waals surface area contributed by atoms with Crippen LogP contribution in [0.25, 0.3) is 22.3 Å². The van der Waals surface area contributed by atoms with E-state index in [0.29, 0.717) is 11.3 Å². The van der Waals surface area contributed by atoms with Gasteiger partial charge in [0, 0.05) is 23.3 Å². The van der Waals surface area contributed by atoms with Gasteiger partial charge in [-0.2, -0.15) is 0 Å². The molecular weight excluding hydrogens is 464 g/mol. The number of aromatic hydroxyl groups is 1. The molecule has 3 aromatic rings. The molecule has 0 spiro atoms. The molecule has 186 valence electrons. The van der Waals surface area contributed by atoms with E-state index in [9.17, 15) is 30.0 Å². The highest BCUT2D eigenvalue weighted by Crippen LogP contribution is 2.37. The van der Waals surface area contributed by atoms with Gasteiger partial charge in [-0.15, -0.1) is 0 Å². The molecule has 0 radical (unpaired) electrons. The number of esters is 1. The lowest BCUT2D eigenvalue weighted by molar-refractivity contribution is -0.272. The minimum atomic E-state index is -1.79. The number of carbonyl (C=O) groups excluding carboxylic acids is 1. The van der Waals surface area contributed by atoms with Crippen LogP contribution in [-0.2, 0) is 14.3 Å². The van der Waals surface area contributed by atoms with Gasteiger partial charge >= 0.3 is 5.97 Å². The zero-order valence-electron chi connectivity index (χ0n) is 19.0. The summed E-state index contributed by atoms with van der Waals surface area (Å²) >= 11 is 0. The largest absolute Gasteiger partial charge is 0.507 e. The molecule has 1 aromatic heterocycles. The number of aliphatic hydroxyl groups excluding tert-OH is 3. The van der Waals surface area contributed by atoms with Crippen molar-refractivity contribution in [3.63, 3.8) is 0 Å². The van der Waals surface area contributed by atoms with Crippen molar-refractivity contribution in [3.05, 3.63) is 52.2 Å². The van der Waals surface area contributed by atoms with Gasteiger partial charge in [0.15, 0.2) is 11.5 Å². The van der Waals surface area contributed by atoms with Gasteiger partial charge in [0.1, 0.15) is 52.3 Å². The number of hydrogen-bond acceptors (Lipinski definition) is 11. The third-order valence-electron chi connectivity index (χ3n) is 5.82. The number of benzene rings is 2. The van der Waals surface area contributed by atoms with Crippen molar-refractivity contribution in [1.82, 2.24) is 0 Å². The maximum absolute atomic E-state index is 12.8. The Morgan fingerprint density at radius 2 is 1.69 bits per heavy atom. The fourth-order valence-electron chi connectivity index (χ4n) is 3.78. The normalized spacial score (nSPS) is 24.2. The molecule has 11 heteroatoms. The van der Waals surface area contributed by atoms with E-state index in [1.807, 2.05) is 0 Å². The van der Waals surface area contributed by atoms with Crippen LogP contribution in [-0.4, -0.2) is 71.3 Å². The van der Waals surface area contributed by atoms with E-state index in [2.05, 4.69) is 4.74 Å². The van der Waals surface area contributed by atoms with Gasteiger partial charge in [-0.1, -0.05) is 0 Å². The van der Waals surface area contributed by atoms with Crippen molar-refractivity contribution in [2.75, 3.05) is 14.2 Å². The number of phenols is 1. The summed E-state index contributed by atoms with van der Waals surface area (Å²) in [6.45, 7) is 1.46. The molecule has 5 atom stereocenters. The Labute approximate surface area is 198 Å². The molecule has 4 N–H and O–H groups in total. The van der Waals surface area contributed by atoms with Crippen LogP contribution in [0.5, 0.6) is 17.2 Å². The van der Waals surface area contributed by atoms with Gasteiger partial charge < -0.3 is 43.8 Å². The van der Waals surface area contributed by atoms with Crippen LogP contribution >= 0.6 is 0 Å². The number of phenolic OH excluding ortho intramolecular Hbond substituents is 1. The number of methoxy groups -OCH3 is 2. The summed E-state index contributed by atoms with van der Waals surface area (Å²) in [6.07, 6.45) is -8.54. The summed E-state index contributed by atoms with van der Waals surface area (Å²) in [4.78, 5) is 24.7. The van der Waals surface area contributed by atoms with Crippen molar-refractivity contribution >= 4 is 16.9 Å². The number of ether oxygens (including phenoxy) is 4. The van der Waals surface area contributed by atoms with Gasteiger partial charge in [0.05, 0.1) is 14.2 Å². The lowest BCUT2D eigenvalue weighted by atomic mass is 9.99. The van der Waals surface area contributed by atoms with Crippen molar-refractivity contribution in [2.45, 2.75) is 37.6 Å². The SMILES string of the molecule is COC(=O)C1OC(Oc2cc3oc(-c4ccc(OC)cc4)cc(=O)c3c(O)c2C)C(O)C(O)C1O. The molecule has 2 aromatic carbocycles. The number of aliphatic hydroxyl groups is 3. The van der Waals surface area contributed by atoms with Gasteiger partial charge in [-0.3, -0.25) is 4.79 Å². The second-order valence-corrected chi connectivity index (χ2v) is 7.96. The highest BCUT2D eigenvalue weighted by molar-refractivity contribution is 5.88. The molecule has 0 amide bonds. The molecule has 1 saturated heterocycles. The molecule has 2 heterocycles. The first kappa shape index (κ1) is 24.5. The summed E-state index contributed by atoms with van der Waals surface area (Å²) in [5.74, 6) is -0.614. The molecule has 0 saturated carbocycles. The highest BCUT2D eigenvalue weighted by Gasteiger charge is 2.48. The zero-order valence-corrected chi connectivity index (χ0v) is 19.0. The molecule has 1 aliphatic heterocycles. The van der Waals surface area contributed by atoms with Crippen LogP contribution in [0.15, 0.2) is 45.6 Å². The molecule has 4 rings (SSSR count). The van der Waals surface area contributed by atoms with Crippen molar-refractivity contribution in [1.29, 1.82) is 0 Å². The average Bonchev–Trinajstić information content (AvgIpc) is 2.86. The first-order chi connectivity index (χ1) is 16.7. The lowest BCUT2D eigenvalue weighted by Gasteiger charge is -2.39. The van der Waals surface area contributed by atoms with Crippen molar-refractivity contribution in [2.24, 2.45) is 0 Å². The number of fused-ring (bicyclic) bond motifs is 1. The van der Waals surface area contributed by atoms with E-state index in [1.165, 1.54) is 26.2 Å². The van der Waals surface area contributed by atoms with Crippen LogP contribution < -0.4 is 14.9 Å². The first-order valence-electron chi connectivity index (χ1n) is 10.5. The minimum Gasteiger partial charge on any atom is -0.507 e. The van der Waals surface area contributed by atoms with Crippen LogP contribution in [0.4, 0.5) is 0 Å². The molecule has 5 unspecified atom stereocenters. The van der Waals surface area contributed by atoms with Gasteiger partial charge in [0.25, 0.3) is 0 Å². The Hall–Kier alpha value is -3.64. The van der Waals surface area contributed by atoms with Gasteiger partial charge in [0.2, 0.25) is 6.29 Å². The maximum Gasteiger partial charge on any atom is 0.337 e. The topological polar surface area (TPSA) is 165 Å². The van der Waals surface area contributed by atoms with E-state index in [0.717, 1.165) is 7.11 Å². The highest BCUT2D eigenvalue weighted by atomic mass is 16.7. The number of carbonyl (C=O) groups is 1. The van der Waals surface area contributed by atoms with Crippen molar-refractivity contribution in [3.8, 4) is 28.6 Å². The molecule has 35 heavy (non-hydrogen) atoms. The van der Waals surface area contributed by atoms with Gasteiger partial charge in [-0.05, 0) is 31.2 Å². The van der Waals surface area contributed by atoms with E-state index >= 15 is 0 Å². The fourth-order valence-corrected chi connectivity index (χ4v) is 3.78. The van der Waals surface area contributed by atoms with Crippen molar-refractivity contribution < 1.29 is 48.6 Å². The van der Waals surface area contributed by atoms with Gasteiger partial charge in [-0.25, -0.2) is 4.79 Å². The molecule has 11 nitrogen and oxygen atoms in total.